The highest BCUT2D eigenvalue weighted by Crippen LogP contribution is 2.42. The Balaban J connectivity index is 2.17. The lowest BCUT2D eigenvalue weighted by Gasteiger charge is -2.24. The summed E-state index contributed by atoms with van der Waals surface area (Å²) < 4.78 is 28.3. The number of nitrogen functional groups attached to an aromatic ring is 1. The van der Waals surface area contributed by atoms with Gasteiger partial charge in [0.15, 0.2) is 0 Å². The number of hydrogen-bond acceptors (Lipinski definition) is 2. The van der Waals surface area contributed by atoms with E-state index in [1.807, 2.05) is 0 Å². The first kappa shape index (κ1) is 12.1. The zero-order chi connectivity index (χ0) is 13.6. The maximum Gasteiger partial charge on any atom is 0.129 e. The van der Waals surface area contributed by atoms with E-state index in [9.17, 15) is 8.78 Å². The number of halogens is 2. The fourth-order valence-electron chi connectivity index (χ4n) is 2.52. The minimum Gasteiger partial charge on any atom is -0.383 e. The average molecular weight is 263 g/mol. The third-order valence-corrected chi connectivity index (χ3v) is 3.76. The largest absolute Gasteiger partial charge is 0.383 e. The van der Waals surface area contributed by atoms with Crippen LogP contribution < -0.4 is 5.73 Å². The molecule has 2 aromatic rings. The van der Waals surface area contributed by atoms with E-state index in [1.54, 1.807) is 11.7 Å². The van der Waals surface area contributed by atoms with Crippen molar-refractivity contribution in [1.82, 2.24) is 9.78 Å². The summed E-state index contributed by atoms with van der Waals surface area (Å²) >= 11 is 0. The molecule has 3 rings (SSSR count). The summed E-state index contributed by atoms with van der Waals surface area (Å²) in [6.07, 6.45) is 3.28. The summed E-state index contributed by atoms with van der Waals surface area (Å²) in [4.78, 5) is 0. The molecule has 1 saturated carbocycles. The van der Waals surface area contributed by atoms with Gasteiger partial charge in [-0.2, -0.15) is 5.10 Å². The summed E-state index contributed by atoms with van der Waals surface area (Å²) in [7, 11) is 1.75. The standard InChI is InChI=1S/C14H15F2N3/c1-19-14(17)12(13(18-19)8-3-2-4-8)9-5-10(15)7-11(16)6-9/h5-8H,2-4,17H2,1H3. The van der Waals surface area contributed by atoms with Crippen molar-refractivity contribution >= 4 is 5.82 Å². The van der Waals surface area contributed by atoms with E-state index in [1.165, 1.54) is 12.1 Å². The van der Waals surface area contributed by atoms with Gasteiger partial charge in [0.1, 0.15) is 17.5 Å². The molecular formula is C14H15F2N3. The van der Waals surface area contributed by atoms with Crippen molar-refractivity contribution in [3.05, 3.63) is 35.5 Å². The lowest BCUT2D eigenvalue weighted by Crippen LogP contribution is -2.10. The molecule has 0 spiro atoms. The summed E-state index contributed by atoms with van der Waals surface area (Å²) in [5, 5.41) is 4.41. The van der Waals surface area contributed by atoms with Crippen LogP contribution in [0.3, 0.4) is 0 Å². The zero-order valence-corrected chi connectivity index (χ0v) is 10.7. The summed E-state index contributed by atoms with van der Waals surface area (Å²) in [6, 6.07) is 3.47. The molecule has 0 saturated heterocycles. The third kappa shape index (κ3) is 1.99. The lowest BCUT2D eigenvalue weighted by molar-refractivity contribution is 0.408. The summed E-state index contributed by atoms with van der Waals surface area (Å²) in [5.41, 5.74) is 8.00. The number of anilines is 1. The number of nitrogens with zero attached hydrogens (tertiary/aromatic N) is 2. The van der Waals surface area contributed by atoms with Crippen molar-refractivity contribution in [2.24, 2.45) is 7.05 Å². The molecule has 3 nitrogen and oxygen atoms in total. The highest BCUT2D eigenvalue weighted by atomic mass is 19.1. The van der Waals surface area contributed by atoms with Crippen LogP contribution in [0.4, 0.5) is 14.6 Å². The van der Waals surface area contributed by atoms with Crippen molar-refractivity contribution in [1.29, 1.82) is 0 Å². The van der Waals surface area contributed by atoms with E-state index in [4.69, 9.17) is 5.73 Å². The van der Waals surface area contributed by atoms with E-state index >= 15 is 0 Å². The summed E-state index contributed by atoms with van der Waals surface area (Å²) in [6.45, 7) is 0. The Morgan fingerprint density at radius 3 is 2.37 bits per heavy atom. The fraction of sp³-hybridized carbons (Fsp3) is 0.357. The van der Waals surface area contributed by atoms with E-state index in [2.05, 4.69) is 5.10 Å². The predicted octanol–water partition coefficient (Wildman–Crippen LogP) is 3.22. The van der Waals surface area contributed by atoms with Gasteiger partial charge in [-0.25, -0.2) is 8.78 Å². The minimum absolute atomic E-state index is 0.352. The summed E-state index contributed by atoms with van der Waals surface area (Å²) in [5.74, 6) is -0.396. The van der Waals surface area contributed by atoms with Gasteiger partial charge in [0.05, 0.1) is 5.69 Å². The Morgan fingerprint density at radius 2 is 1.84 bits per heavy atom. The molecule has 5 heteroatoms. The molecule has 2 N–H and O–H groups in total. The Kier molecular flexibility index (Phi) is 2.77. The molecule has 100 valence electrons. The lowest BCUT2D eigenvalue weighted by atomic mass is 9.80. The van der Waals surface area contributed by atoms with Gasteiger partial charge in [0, 0.05) is 24.6 Å². The van der Waals surface area contributed by atoms with Gasteiger partial charge in [-0.1, -0.05) is 6.42 Å². The van der Waals surface area contributed by atoms with Gasteiger partial charge in [0.2, 0.25) is 0 Å². The molecule has 1 aliphatic rings. The molecule has 19 heavy (non-hydrogen) atoms. The van der Waals surface area contributed by atoms with Gasteiger partial charge < -0.3 is 5.73 Å². The zero-order valence-electron chi connectivity index (χ0n) is 10.7. The second-order valence-electron chi connectivity index (χ2n) is 5.06. The highest BCUT2D eigenvalue weighted by Gasteiger charge is 2.28. The molecule has 0 aliphatic heterocycles. The van der Waals surface area contributed by atoms with Crippen LogP contribution in [0.2, 0.25) is 0 Å². The first-order chi connectivity index (χ1) is 9.06. The highest BCUT2D eigenvalue weighted by molar-refractivity contribution is 5.77. The number of aryl methyl sites for hydroxylation is 1. The molecule has 0 unspecified atom stereocenters. The maximum absolute atomic E-state index is 13.4. The van der Waals surface area contributed by atoms with Gasteiger partial charge in [-0.3, -0.25) is 4.68 Å². The molecule has 0 amide bonds. The third-order valence-electron chi connectivity index (χ3n) is 3.76. The normalized spacial score (nSPS) is 15.5. The second-order valence-corrected chi connectivity index (χ2v) is 5.06. The quantitative estimate of drug-likeness (QED) is 0.904. The molecule has 0 radical (unpaired) electrons. The molecule has 1 aromatic heterocycles. The van der Waals surface area contributed by atoms with E-state index in [-0.39, 0.29) is 0 Å². The van der Waals surface area contributed by atoms with Crippen molar-refractivity contribution < 1.29 is 8.78 Å². The van der Waals surface area contributed by atoms with Gasteiger partial charge in [0.25, 0.3) is 0 Å². The minimum atomic E-state index is -0.599. The van der Waals surface area contributed by atoms with Crippen LogP contribution in [-0.2, 0) is 7.05 Å². The predicted molar refractivity (Wildman–Crippen MR) is 69.6 cm³/mol. The molecule has 1 aliphatic carbocycles. The van der Waals surface area contributed by atoms with Crippen molar-refractivity contribution in [3.63, 3.8) is 0 Å². The SMILES string of the molecule is Cn1nc(C2CCC2)c(-c2cc(F)cc(F)c2)c1N. The topological polar surface area (TPSA) is 43.8 Å². The Labute approximate surface area is 110 Å². The van der Waals surface area contributed by atoms with E-state index < -0.39 is 11.6 Å². The van der Waals surface area contributed by atoms with Crippen molar-refractivity contribution in [3.8, 4) is 11.1 Å². The molecule has 1 heterocycles. The Bertz CT molecular complexity index is 610. The fourth-order valence-corrected chi connectivity index (χ4v) is 2.52. The monoisotopic (exact) mass is 263 g/mol. The van der Waals surface area contributed by atoms with Crippen molar-refractivity contribution in [2.45, 2.75) is 25.2 Å². The molecule has 1 fully saturated rings. The first-order valence-corrected chi connectivity index (χ1v) is 6.35. The Morgan fingerprint density at radius 1 is 1.21 bits per heavy atom. The molecular weight excluding hydrogens is 248 g/mol. The number of nitrogens with two attached hydrogens (primary N) is 1. The molecule has 0 bridgehead atoms. The number of rotatable bonds is 2. The first-order valence-electron chi connectivity index (χ1n) is 6.35. The maximum atomic E-state index is 13.4. The van der Waals surface area contributed by atoms with Crippen LogP contribution in [0.15, 0.2) is 18.2 Å². The average Bonchev–Trinajstić information content (AvgIpc) is 2.51. The van der Waals surface area contributed by atoms with E-state index in [0.717, 1.165) is 31.0 Å². The van der Waals surface area contributed by atoms with Crippen LogP contribution in [0, 0.1) is 11.6 Å². The number of benzene rings is 1. The molecule has 1 aromatic carbocycles. The second kappa shape index (κ2) is 4.33. The van der Waals surface area contributed by atoms with Crippen LogP contribution in [0.5, 0.6) is 0 Å². The van der Waals surface area contributed by atoms with Crippen LogP contribution in [0.25, 0.3) is 11.1 Å². The van der Waals surface area contributed by atoms with E-state index in [0.29, 0.717) is 22.9 Å². The van der Waals surface area contributed by atoms with Crippen LogP contribution in [-0.4, -0.2) is 9.78 Å². The number of aromatic nitrogens is 2. The van der Waals surface area contributed by atoms with Gasteiger partial charge in [-0.15, -0.1) is 0 Å². The molecule has 0 atom stereocenters. The smallest absolute Gasteiger partial charge is 0.129 e. The van der Waals surface area contributed by atoms with Crippen molar-refractivity contribution in [2.75, 3.05) is 5.73 Å². The Hall–Kier alpha value is -1.91. The van der Waals surface area contributed by atoms with Gasteiger partial charge in [-0.05, 0) is 30.5 Å². The van der Waals surface area contributed by atoms with Gasteiger partial charge >= 0.3 is 0 Å². The number of hydrogen-bond donors (Lipinski definition) is 1. The van der Waals surface area contributed by atoms with Crippen LogP contribution in [0.1, 0.15) is 30.9 Å². The van der Waals surface area contributed by atoms with Crippen LogP contribution >= 0.6 is 0 Å².